The zero-order chi connectivity index (χ0) is 15.6. The summed E-state index contributed by atoms with van der Waals surface area (Å²) >= 11 is 1.76. The highest BCUT2D eigenvalue weighted by molar-refractivity contribution is 7.90. The molecule has 0 bridgehead atoms. The molecule has 0 fully saturated rings. The zero-order valence-electron chi connectivity index (χ0n) is 12.8. The topological polar surface area (TPSA) is 46.2 Å². The molecule has 1 N–H and O–H groups in total. The molecule has 1 unspecified atom stereocenters. The second kappa shape index (κ2) is 6.30. The maximum absolute atomic E-state index is 11.8. The fourth-order valence-electron chi connectivity index (χ4n) is 2.44. The van der Waals surface area contributed by atoms with Crippen molar-refractivity contribution in [1.29, 1.82) is 0 Å². The molecular weight excluding hydrogens is 302 g/mol. The summed E-state index contributed by atoms with van der Waals surface area (Å²) in [6, 6.07) is 9.42. The Kier molecular flexibility index (Phi) is 4.86. The third-order valence-corrected chi connectivity index (χ3v) is 5.70. The Labute approximate surface area is 130 Å². The molecule has 5 heteroatoms. The van der Waals surface area contributed by atoms with Crippen LogP contribution in [-0.4, -0.2) is 21.2 Å². The van der Waals surface area contributed by atoms with Crippen molar-refractivity contribution >= 4 is 21.2 Å². The van der Waals surface area contributed by atoms with Gasteiger partial charge in [0.2, 0.25) is 0 Å². The molecule has 0 amide bonds. The van der Waals surface area contributed by atoms with Gasteiger partial charge in [-0.2, -0.15) is 0 Å². The van der Waals surface area contributed by atoms with Gasteiger partial charge in [0, 0.05) is 16.0 Å². The standard InChI is InChI=1S/C16H21NO2S2/c1-5-17-15(16-11(2)9-12(3)20-16)13-7-6-8-14(10-13)21(4,18)19/h6-10,15,17H,5H2,1-4H3. The van der Waals surface area contributed by atoms with Crippen LogP contribution in [0, 0.1) is 13.8 Å². The molecule has 114 valence electrons. The predicted octanol–water partition coefficient (Wildman–Crippen LogP) is 3.47. The smallest absolute Gasteiger partial charge is 0.175 e. The summed E-state index contributed by atoms with van der Waals surface area (Å²) in [4.78, 5) is 2.89. The molecule has 0 saturated heterocycles. The Morgan fingerprint density at radius 3 is 2.48 bits per heavy atom. The molecule has 0 aliphatic carbocycles. The predicted molar refractivity (Wildman–Crippen MR) is 88.9 cm³/mol. The number of rotatable bonds is 5. The van der Waals surface area contributed by atoms with Gasteiger partial charge in [-0.3, -0.25) is 0 Å². The lowest BCUT2D eigenvalue weighted by atomic mass is 10.0. The van der Waals surface area contributed by atoms with Crippen LogP contribution in [0.3, 0.4) is 0 Å². The van der Waals surface area contributed by atoms with E-state index in [1.165, 1.54) is 21.6 Å². The van der Waals surface area contributed by atoms with E-state index in [9.17, 15) is 8.42 Å². The molecule has 0 saturated carbocycles. The summed E-state index contributed by atoms with van der Waals surface area (Å²) in [6.45, 7) is 7.08. The first-order valence-electron chi connectivity index (χ1n) is 6.93. The fourth-order valence-corrected chi connectivity index (χ4v) is 4.25. The fraction of sp³-hybridized carbons (Fsp3) is 0.375. The van der Waals surface area contributed by atoms with Gasteiger partial charge in [0.1, 0.15) is 0 Å². The number of benzene rings is 1. The molecule has 0 aliphatic heterocycles. The van der Waals surface area contributed by atoms with Crippen molar-refractivity contribution in [2.24, 2.45) is 0 Å². The van der Waals surface area contributed by atoms with Crippen LogP contribution in [0.4, 0.5) is 0 Å². The second-order valence-electron chi connectivity index (χ2n) is 5.24. The molecule has 0 aliphatic rings. The van der Waals surface area contributed by atoms with Gasteiger partial charge in [-0.05, 0) is 49.7 Å². The third kappa shape index (κ3) is 3.73. The Balaban J connectivity index is 2.51. The van der Waals surface area contributed by atoms with E-state index in [2.05, 4.69) is 32.2 Å². The van der Waals surface area contributed by atoms with E-state index in [1.807, 2.05) is 12.1 Å². The molecule has 0 radical (unpaired) electrons. The highest BCUT2D eigenvalue weighted by atomic mass is 32.2. The van der Waals surface area contributed by atoms with Crippen molar-refractivity contribution in [1.82, 2.24) is 5.32 Å². The minimum Gasteiger partial charge on any atom is -0.306 e. The second-order valence-corrected chi connectivity index (χ2v) is 8.54. The normalized spacial score (nSPS) is 13.3. The van der Waals surface area contributed by atoms with Crippen molar-refractivity contribution in [3.8, 4) is 0 Å². The van der Waals surface area contributed by atoms with Crippen LogP contribution in [0.15, 0.2) is 35.2 Å². The minimum absolute atomic E-state index is 0.0374. The van der Waals surface area contributed by atoms with Crippen molar-refractivity contribution < 1.29 is 8.42 Å². The first-order valence-corrected chi connectivity index (χ1v) is 9.64. The van der Waals surface area contributed by atoms with Gasteiger partial charge in [-0.15, -0.1) is 11.3 Å². The Hall–Kier alpha value is -1.17. The van der Waals surface area contributed by atoms with Crippen LogP contribution >= 0.6 is 11.3 Å². The number of hydrogen-bond donors (Lipinski definition) is 1. The van der Waals surface area contributed by atoms with E-state index < -0.39 is 9.84 Å². The largest absolute Gasteiger partial charge is 0.306 e. The molecule has 2 aromatic rings. The molecule has 3 nitrogen and oxygen atoms in total. The lowest BCUT2D eigenvalue weighted by Gasteiger charge is -2.19. The average molecular weight is 323 g/mol. The summed E-state index contributed by atoms with van der Waals surface area (Å²) in [5.41, 5.74) is 2.23. The molecule has 1 atom stereocenters. The Morgan fingerprint density at radius 2 is 1.95 bits per heavy atom. The summed E-state index contributed by atoms with van der Waals surface area (Å²) < 4.78 is 23.5. The lowest BCUT2D eigenvalue weighted by molar-refractivity contribution is 0.600. The van der Waals surface area contributed by atoms with Gasteiger partial charge in [-0.25, -0.2) is 8.42 Å². The summed E-state index contributed by atoms with van der Waals surface area (Å²) in [5, 5.41) is 3.46. The van der Waals surface area contributed by atoms with Crippen molar-refractivity contribution in [3.05, 3.63) is 51.2 Å². The molecule has 1 aromatic carbocycles. The number of thiophene rings is 1. The van der Waals surface area contributed by atoms with Gasteiger partial charge < -0.3 is 5.32 Å². The summed E-state index contributed by atoms with van der Waals surface area (Å²) in [7, 11) is -3.19. The maximum atomic E-state index is 11.8. The number of aryl methyl sites for hydroxylation is 2. The Bertz CT molecular complexity index is 732. The van der Waals surface area contributed by atoms with Gasteiger partial charge in [0.25, 0.3) is 0 Å². The van der Waals surface area contributed by atoms with Crippen LogP contribution in [0.5, 0.6) is 0 Å². The molecule has 21 heavy (non-hydrogen) atoms. The van der Waals surface area contributed by atoms with Crippen LogP contribution in [-0.2, 0) is 9.84 Å². The van der Waals surface area contributed by atoms with Crippen LogP contribution in [0.25, 0.3) is 0 Å². The van der Waals surface area contributed by atoms with E-state index in [0.29, 0.717) is 4.90 Å². The van der Waals surface area contributed by atoms with Crippen molar-refractivity contribution in [2.75, 3.05) is 12.8 Å². The zero-order valence-corrected chi connectivity index (χ0v) is 14.4. The van der Waals surface area contributed by atoms with Crippen molar-refractivity contribution in [2.45, 2.75) is 31.7 Å². The van der Waals surface area contributed by atoms with Crippen LogP contribution in [0.2, 0.25) is 0 Å². The molecule has 1 aromatic heterocycles. The van der Waals surface area contributed by atoms with Gasteiger partial charge in [0.05, 0.1) is 10.9 Å². The van der Waals surface area contributed by atoms with Gasteiger partial charge >= 0.3 is 0 Å². The van der Waals surface area contributed by atoms with E-state index in [4.69, 9.17) is 0 Å². The van der Waals surface area contributed by atoms with Crippen LogP contribution < -0.4 is 5.32 Å². The quantitative estimate of drug-likeness (QED) is 0.916. The summed E-state index contributed by atoms with van der Waals surface area (Å²) in [5.74, 6) is 0. The van der Waals surface area contributed by atoms with Gasteiger partial charge in [0.15, 0.2) is 9.84 Å². The number of sulfone groups is 1. The van der Waals surface area contributed by atoms with Crippen LogP contribution in [0.1, 0.15) is 33.8 Å². The van der Waals surface area contributed by atoms with E-state index in [1.54, 1.807) is 23.5 Å². The first kappa shape index (κ1) is 16.2. The van der Waals surface area contributed by atoms with E-state index in [0.717, 1.165) is 12.1 Å². The number of hydrogen-bond acceptors (Lipinski definition) is 4. The van der Waals surface area contributed by atoms with Gasteiger partial charge in [-0.1, -0.05) is 19.1 Å². The monoisotopic (exact) mass is 323 g/mol. The van der Waals surface area contributed by atoms with E-state index in [-0.39, 0.29) is 6.04 Å². The van der Waals surface area contributed by atoms with E-state index >= 15 is 0 Å². The molecule has 0 spiro atoms. The minimum atomic E-state index is -3.19. The third-order valence-electron chi connectivity index (χ3n) is 3.37. The highest BCUT2D eigenvalue weighted by Gasteiger charge is 2.19. The SMILES string of the molecule is CCNC(c1cccc(S(C)(=O)=O)c1)c1sc(C)cc1C. The van der Waals surface area contributed by atoms with Crippen molar-refractivity contribution in [3.63, 3.8) is 0 Å². The first-order chi connectivity index (χ1) is 9.82. The Morgan fingerprint density at radius 1 is 1.24 bits per heavy atom. The average Bonchev–Trinajstić information content (AvgIpc) is 2.74. The summed E-state index contributed by atoms with van der Waals surface area (Å²) in [6.07, 6.45) is 1.24. The maximum Gasteiger partial charge on any atom is 0.175 e. The highest BCUT2D eigenvalue weighted by Crippen LogP contribution is 2.32. The molecule has 2 rings (SSSR count). The molecular formula is C16H21NO2S2. The number of nitrogens with one attached hydrogen (secondary N) is 1. The molecule has 1 heterocycles. The lowest BCUT2D eigenvalue weighted by Crippen LogP contribution is -2.22.